The smallest absolute Gasteiger partial charge is 0.260 e. The molecular weight excluding hydrogens is 345 g/mol. The number of carbonyl (C=O) groups is 2. The number of hydrogen-bond donors (Lipinski definition) is 0. The van der Waals surface area contributed by atoms with Crippen LogP contribution in [0.3, 0.4) is 0 Å². The molecule has 0 aromatic carbocycles. The fourth-order valence-electron chi connectivity index (χ4n) is 3.75. The molecule has 1 saturated heterocycles. The minimum absolute atomic E-state index is 0.295. The Morgan fingerprint density at radius 1 is 1.19 bits per heavy atom. The second-order valence-electron chi connectivity index (χ2n) is 7.81. The largest absolute Gasteiger partial charge is 0.340 e. The fraction of sp³-hybridized carbons (Fsp3) is 0.857. The first-order valence-corrected chi connectivity index (χ1v) is 10.6. The molecule has 2 fully saturated rings. The van der Waals surface area contributed by atoms with Gasteiger partial charge in [-0.15, -0.1) is 0 Å². The van der Waals surface area contributed by atoms with E-state index in [-0.39, 0.29) is 11.4 Å². The summed E-state index contributed by atoms with van der Waals surface area (Å²) in [5, 5.41) is 0. The van der Waals surface area contributed by atoms with Crippen LogP contribution in [-0.4, -0.2) is 59.3 Å². The maximum Gasteiger partial charge on any atom is 0.260 e. The summed E-state index contributed by atoms with van der Waals surface area (Å²) < 4.78 is 14.7. The Morgan fingerprint density at radius 3 is 2.22 bits per heavy atom. The number of piperidine rings is 1. The van der Waals surface area contributed by atoms with Gasteiger partial charge in [-0.3, -0.25) is 14.6 Å². The Hall–Kier alpha value is -1.46. The molecule has 156 valence electrons. The maximum atomic E-state index is 14.7. The Labute approximate surface area is 164 Å². The number of amides is 2. The Morgan fingerprint density at radius 2 is 1.74 bits per heavy atom. The molecule has 6 heteroatoms. The normalized spacial score (nSPS) is 21.3. The first-order chi connectivity index (χ1) is 12.8. The molecule has 0 N–H and O–H groups in total. The van der Waals surface area contributed by atoms with Crippen LogP contribution in [0.15, 0.2) is 4.99 Å². The number of amidine groups is 1. The monoisotopic (exact) mass is 383 g/mol. The first-order valence-electron chi connectivity index (χ1n) is 10.6. The molecule has 1 heterocycles. The fourth-order valence-corrected chi connectivity index (χ4v) is 3.75. The first kappa shape index (κ1) is 23.6. The minimum Gasteiger partial charge on any atom is -0.340 e. The predicted molar refractivity (Wildman–Crippen MR) is 109 cm³/mol. The van der Waals surface area contributed by atoms with Gasteiger partial charge in [-0.05, 0) is 51.9 Å². The van der Waals surface area contributed by atoms with Crippen molar-refractivity contribution < 1.29 is 14.0 Å². The standard InChI is InChI=1S/C19H32FN3O2.C2H6/c1-4-5-8-16(22(3)15-24)21-18(2)11-13-23(14-12-18)17(25)19(20)9-6-7-10-19;1-2/h15H,4-14H2,1-3H3;1-2H3. The van der Waals surface area contributed by atoms with Crippen LogP contribution < -0.4 is 0 Å². The third-order valence-corrected chi connectivity index (χ3v) is 5.63. The molecule has 2 aliphatic rings. The van der Waals surface area contributed by atoms with Crippen molar-refractivity contribution in [2.45, 2.75) is 96.7 Å². The number of carbonyl (C=O) groups excluding carboxylic acids is 2. The molecule has 1 saturated carbocycles. The summed E-state index contributed by atoms with van der Waals surface area (Å²) in [5.74, 6) is 0.476. The number of rotatable bonds is 6. The molecule has 0 unspecified atom stereocenters. The Bertz CT molecular complexity index is 508. The Kier molecular flexibility index (Phi) is 9.40. The molecule has 1 aliphatic heterocycles. The van der Waals surface area contributed by atoms with Gasteiger partial charge in [-0.1, -0.05) is 27.2 Å². The van der Waals surface area contributed by atoms with Crippen LogP contribution in [0.2, 0.25) is 0 Å². The van der Waals surface area contributed by atoms with Crippen molar-refractivity contribution in [1.29, 1.82) is 0 Å². The highest BCUT2D eigenvalue weighted by atomic mass is 19.1. The predicted octanol–water partition coefficient (Wildman–Crippen LogP) is 4.35. The summed E-state index contributed by atoms with van der Waals surface area (Å²) >= 11 is 0. The molecule has 2 rings (SSSR count). The van der Waals surface area contributed by atoms with Crippen molar-refractivity contribution >= 4 is 18.2 Å². The minimum atomic E-state index is -1.64. The topological polar surface area (TPSA) is 53.0 Å². The van der Waals surface area contributed by atoms with E-state index in [9.17, 15) is 14.0 Å². The molecule has 1 aliphatic carbocycles. The van der Waals surface area contributed by atoms with E-state index < -0.39 is 5.67 Å². The lowest BCUT2D eigenvalue weighted by molar-refractivity contribution is -0.145. The third kappa shape index (κ3) is 6.28. The van der Waals surface area contributed by atoms with Crippen LogP contribution in [-0.2, 0) is 9.59 Å². The molecule has 0 radical (unpaired) electrons. The van der Waals surface area contributed by atoms with Gasteiger partial charge in [0.25, 0.3) is 5.91 Å². The summed E-state index contributed by atoms with van der Waals surface area (Å²) in [6.07, 6.45) is 7.35. The number of unbranched alkanes of at least 4 members (excludes halogenated alkanes) is 1. The summed E-state index contributed by atoms with van der Waals surface area (Å²) in [6, 6.07) is 0. The number of hydrogen-bond acceptors (Lipinski definition) is 3. The van der Waals surface area contributed by atoms with E-state index in [1.807, 2.05) is 13.8 Å². The van der Waals surface area contributed by atoms with Crippen LogP contribution in [0.4, 0.5) is 4.39 Å². The van der Waals surface area contributed by atoms with Gasteiger partial charge < -0.3 is 9.80 Å². The SMILES string of the molecule is CC.CCCCC(=NC1(C)CCN(C(=O)C2(F)CCCC2)CC1)N(C)C=O. The quantitative estimate of drug-likeness (QED) is 0.389. The van der Waals surface area contributed by atoms with Gasteiger partial charge in [-0.25, -0.2) is 4.39 Å². The average molecular weight is 384 g/mol. The molecule has 0 atom stereocenters. The van der Waals surface area contributed by atoms with Gasteiger partial charge in [0, 0.05) is 26.6 Å². The van der Waals surface area contributed by atoms with Gasteiger partial charge in [0.1, 0.15) is 5.84 Å². The van der Waals surface area contributed by atoms with Crippen LogP contribution in [0.5, 0.6) is 0 Å². The number of nitrogens with zero attached hydrogens (tertiary/aromatic N) is 3. The third-order valence-electron chi connectivity index (χ3n) is 5.63. The van der Waals surface area contributed by atoms with Crippen LogP contribution in [0.25, 0.3) is 0 Å². The van der Waals surface area contributed by atoms with E-state index >= 15 is 0 Å². The molecule has 27 heavy (non-hydrogen) atoms. The van der Waals surface area contributed by atoms with Crippen LogP contribution >= 0.6 is 0 Å². The molecule has 2 amide bonds. The van der Waals surface area contributed by atoms with Gasteiger partial charge in [0.15, 0.2) is 5.67 Å². The number of likely N-dealkylation sites (tertiary alicyclic amines) is 1. The highest BCUT2D eigenvalue weighted by Crippen LogP contribution is 2.37. The summed E-state index contributed by atoms with van der Waals surface area (Å²) in [7, 11) is 1.73. The van der Waals surface area contributed by atoms with Crippen molar-refractivity contribution in [2.75, 3.05) is 20.1 Å². The average Bonchev–Trinajstić information content (AvgIpc) is 3.14. The summed E-state index contributed by atoms with van der Waals surface area (Å²) in [6.45, 7) is 9.26. The lowest BCUT2D eigenvalue weighted by Crippen LogP contribution is -2.51. The maximum absolute atomic E-state index is 14.7. The lowest BCUT2D eigenvalue weighted by atomic mass is 9.89. The lowest BCUT2D eigenvalue weighted by Gasteiger charge is -2.39. The molecule has 0 aromatic rings. The zero-order chi connectivity index (χ0) is 20.5. The van der Waals surface area contributed by atoms with Gasteiger partial charge in [-0.2, -0.15) is 0 Å². The second-order valence-corrected chi connectivity index (χ2v) is 7.81. The molecule has 0 bridgehead atoms. The van der Waals surface area contributed by atoms with Crippen molar-refractivity contribution in [1.82, 2.24) is 9.80 Å². The zero-order valence-electron chi connectivity index (χ0n) is 17.9. The highest BCUT2D eigenvalue weighted by Gasteiger charge is 2.45. The van der Waals surface area contributed by atoms with Crippen molar-refractivity contribution in [2.24, 2.45) is 4.99 Å². The molecular formula is C21H38FN3O2. The van der Waals surface area contributed by atoms with Crippen molar-refractivity contribution in [3.63, 3.8) is 0 Å². The summed E-state index contributed by atoms with van der Waals surface area (Å²) in [5.41, 5.74) is -1.93. The van der Waals surface area contributed by atoms with Gasteiger partial charge in [0.05, 0.1) is 5.54 Å². The number of alkyl halides is 1. The zero-order valence-corrected chi connectivity index (χ0v) is 17.9. The Balaban J connectivity index is 0.00000176. The van der Waals surface area contributed by atoms with E-state index in [0.717, 1.165) is 44.3 Å². The van der Waals surface area contributed by atoms with E-state index in [0.29, 0.717) is 38.8 Å². The second kappa shape index (κ2) is 10.8. The van der Waals surface area contributed by atoms with Gasteiger partial charge in [0.2, 0.25) is 6.41 Å². The van der Waals surface area contributed by atoms with Crippen molar-refractivity contribution in [3.8, 4) is 0 Å². The summed E-state index contributed by atoms with van der Waals surface area (Å²) in [4.78, 5) is 31.7. The van der Waals surface area contributed by atoms with Crippen LogP contribution in [0.1, 0.15) is 85.5 Å². The number of halogens is 1. The van der Waals surface area contributed by atoms with Crippen LogP contribution in [0, 0.1) is 0 Å². The van der Waals surface area contributed by atoms with E-state index in [1.165, 1.54) is 0 Å². The molecule has 0 aromatic heterocycles. The molecule has 5 nitrogen and oxygen atoms in total. The highest BCUT2D eigenvalue weighted by molar-refractivity contribution is 5.90. The number of aliphatic imine (C=N–C) groups is 1. The van der Waals surface area contributed by atoms with E-state index in [2.05, 4.69) is 13.8 Å². The van der Waals surface area contributed by atoms with Crippen molar-refractivity contribution in [3.05, 3.63) is 0 Å². The van der Waals surface area contributed by atoms with E-state index in [4.69, 9.17) is 4.99 Å². The molecule has 0 spiro atoms. The van der Waals surface area contributed by atoms with E-state index in [1.54, 1.807) is 16.8 Å². The van der Waals surface area contributed by atoms with Gasteiger partial charge >= 0.3 is 0 Å².